The van der Waals surface area contributed by atoms with Crippen LogP contribution in [0.15, 0.2) is 30.5 Å². The van der Waals surface area contributed by atoms with Crippen LogP contribution in [0.5, 0.6) is 5.75 Å². The van der Waals surface area contributed by atoms with E-state index in [9.17, 15) is 0 Å². The Kier molecular flexibility index (Phi) is 4.79. The number of rotatable bonds is 6. The van der Waals surface area contributed by atoms with Crippen LogP contribution < -0.4 is 10.1 Å². The number of hydrogen-bond donors (Lipinski definition) is 1. The molecule has 0 saturated carbocycles. The van der Waals surface area contributed by atoms with Gasteiger partial charge >= 0.3 is 0 Å². The molecule has 0 unspecified atom stereocenters. The Morgan fingerprint density at radius 2 is 2.10 bits per heavy atom. The molecule has 0 fully saturated rings. The van der Waals surface area contributed by atoms with Gasteiger partial charge in [-0.3, -0.25) is 4.68 Å². The van der Waals surface area contributed by atoms with E-state index in [-0.39, 0.29) is 6.04 Å². The second-order valence-corrected chi connectivity index (χ2v) is 4.97. The Morgan fingerprint density at radius 3 is 2.80 bits per heavy atom. The number of aromatic nitrogens is 2. The first-order valence-electron chi connectivity index (χ1n) is 7.03. The van der Waals surface area contributed by atoms with Crippen molar-refractivity contribution < 1.29 is 4.74 Å². The molecule has 1 N–H and O–H groups in total. The quantitative estimate of drug-likeness (QED) is 0.879. The number of aryl methyl sites for hydroxylation is 2. The molecule has 0 aliphatic heterocycles. The average molecular weight is 273 g/mol. The van der Waals surface area contributed by atoms with Crippen molar-refractivity contribution in [3.8, 4) is 5.75 Å². The van der Waals surface area contributed by atoms with Crippen molar-refractivity contribution in [2.45, 2.75) is 32.9 Å². The molecule has 0 amide bonds. The van der Waals surface area contributed by atoms with Gasteiger partial charge < -0.3 is 10.1 Å². The molecule has 0 radical (unpaired) electrons. The van der Waals surface area contributed by atoms with Gasteiger partial charge in [-0.15, -0.1) is 0 Å². The van der Waals surface area contributed by atoms with Gasteiger partial charge in [0.25, 0.3) is 0 Å². The largest absolute Gasteiger partial charge is 0.496 e. The highest BCUT2D eigenvalue weighted by molar-refractivity contribution is 5.35. The van der Waals surface area contributed by atoms with E-state index in [0.29, 0.717) is 0 Å². The van der Waals surface area contributed by atoms with Crippen LogP contribution in [0.25, 0.3) is 0 Å². The molecule has 4 heteroatoms. The van der Waals surface area contributed by atoms with E-state index in [1.54, 1.807) is 7.11 Å². The Labute approximate surface area is 120 Å². The van der Waals surface area contributed by atoms with Crippen LogP contribution in [-0.4, -0.2) is 16.9 Å². The smallest absolute Gasteiger partial charge is 0.123 e. The molecule has 1 aromatic heterocycles. The maximum atomic E-state index is 5.41. The molecule has 0 aliphatic rings. The summed E-state index contributed by atoms with van der Waals surface area (Å²) < 4.78 is 7.29. The van der Waals surface area contributed by atoms with Crippen LogP contribution in [0.4, 0.5) is 0 Å². The second kappa shape index (κ2) is 6.57. The first-order valence-corrected chi connectivity index (χ1v) is 7.03. The molecule has 2 aromatic rings. The van der Waals surface area contributed by atoms with E-state index in [0.717, 1.165) is 24.4 Å². The summed E-state index contributed by atoms with van der Waals surface area (Å²) in [6.07, 6.45) is 3.04. The topological polar surface area (TPSA) is 39.1 Å². The zero-order chi connectivity index (χ0) is 14.5. The SMILES string of the molecule is CCc1nn(C)cc1CN[C@H](C)c1ccccc1OC. The summed E-state index contributed by atoms with van der Waals surface area (Å²) >= 11 is 0. The average Bonchev–Trinajstić information content (AvgIpc) is 2.84. The van der Waals surface area contributed by atoms with Crippen molar-refractivity contribution in [3.05, 3.63) is 47.3 Å². The predicted molar refractivity (Wildman–Crippen MR) is 80.8 cm³/mol. The van der Waals surface area contributed by atoms with Crippen molar-refractivity contribution in [2.24, 2.45) is 7.05 Å². The summed E-state index contributed by atoms with van der Waals surface area (Å²) in [4.78, 5) is 0. The van der Waals surface area contributed by atoms with Gasteiger partial charge in [0.15, 0.2) is 0 Å². The summed E-state index contributed by atoms with van der Waals surface area (Å²) in [5, 5.41) is 8.01. The first kappa shape index (κ1) is 14.6. The maximum Gasteiger partial charge on any atom is 0.123 e. The highest BCUT2D eigenvalue weighted by Crippen LogP contribution is 2.24. The molecular formula is C16H23N3O. The zero-order valence-corrected chi connectivity index (χ0v) is 12.7. The number of methoxy groups -OCH3 is 1. The fourth-order valence-electron chi connectivity index (χ4n) is 2.43. The van der Waals surface area contributed by atoms with Gasteiger partial charge in [-0.1, -0.05) is 25.1 Å². The molecule has 4 nitrogen and oxygen atoms in total. The van der Waals surface area contributed by atoms with Crippen molar-refractivity contribution in [1.29, 1.82) is 0 Å². The summed E-state index contributed by atoms with van der Waals surface area (Å²) in [7, 11) is 3.67. The van der Waals surface area contributed by atoms with Crippen molar-refractivity contribution >= 4 is 0 Å². The van der Waals surface area contributed by atoms with E-state index in [4.69, 9.17) is 4.74 Å². The fourth-order valence-corrected chi connectivity index (χ4v) is 2.43. The third kappa shape index (κ3) is 3.20. The van der Waals surface area contributed by atoms with Gasteiger partial charge in [-0.25, -0.2) is 0 Å². The molecular weight excluding hydrogens is 250 g/mol. The van der Waals surface area contributed by atoms with Crippen LogP contribution in [0.2, 0.25) is 0 Å². The lowest BCUT2D eigenvalue weighted by atomic mass is 10.1. The highest BCUT2D eigenvalue weighted by atomic mass is 16.5. The van der Waals surface area contributed by atoms with Crippen molar-refractivity contribution in [2.75, 3.05) is 7.11 Å². The standard InChI is InChI=1S/C16H23N3O/c1-5-15-13(11-19(3)18-15)10-17-12(2)14-8-6-7-9-16(14)20-4/h6-9,11-12,17H,5,10H2,1-4H3/t12-/m1/s1. The highest BCUT2D eigenvalue weighted by Gasteiger charge is 2.12. The summed E-state index contributed by atoms with van der Waals surface area (Å²) in [5.41, 5.74) is 3.60. The van der Waals surface area contributed by atoms with E-state index in [1.807, 2.05) is 29.9 Å². The minimum absolute atomic E-state index is 0.232. The Balaban J connectivity index is 2.06. The third-order valence-corrected chi connectivity index (χ3v) is 3.53. The van der Waals surface area contributed by atoms with Crippen LogP contribution >= 0.6 is 0 Å². The molecule has 0 spiro atoms. The lowest BCUT2D eigenvalue weighted by molar-refractivity contribution is 0.401. The van der Waals surface area contributed by atoms with E-state index < -0.39 is 0 Å². The third-order valence-electron chi connectivity index (χ3n) is 3.53. The van der Waals surface area contributed by atoms with Crippen LogP contribution in [0.3, 0.4) is 0 Å². The fraction of sp³-hybridized carbons (Fsp3) is 0.438. The zero-order valence-electron chi connectivity index (χ0n) is 12.7. The van der Waals surface area contributed by atoms with Crippen LogP contribution in [-0.2, 0) is 20.0 Å². The van der Waals surface area contributed by atoms with Gasteiger partial charge in [-0.05, 0) is 19.4 Å². The second-order valence-electron chi connectivity index (χ2n) is 4.97. The van der Waals surface area contributed by atoms with Crippen LogP contribution in [0.1, 0.15) is 36.7 Å². The molecule has 2 rings (SSSR count). The minimum Gasteiger partial charge on any atom is -0.496 e. The van der Waals surface area contributed by atoms with Gasteiger partial charge in [-0.2, -0.15) is 5.10 Å². The number of para-hydroxylation sites is 1. The van der Waals surface area contributed by atoms with E-state index in [1.165, 1.54) is 11.1 Å². The maximum absolute atomic E-state index is 5.41. The van der Waals surface area contributed by atoms with Gasteiger partial charge in [0, 0.05) is 37.0 Å². The van der Waals surface area contributed by atoms with Gasteiger partial charge in [0.1, 0.15) is 5.75 Å². The number of hydrogen-bond acceptors (Lipinski definition) is 3. The summed E-state index contributed by atoms with van der Waals surface area (Å²) in [6.45, 7) is 5.10. The lowest BCUT2D eigenvalue weighted by Crippen LogP contribution is -2.19. The number of ether oxygens (including phenoxy) is 1. The molecule has 0 aliphatic carbocycles. The van der Waals surface area contributed by atoms with Crippen LogP contribution in [0, 0.1) is 0 Å². The molecule has 20 heavy (non-hydrogen) atoms. The van der Waals surface area contributed by atoms with Crippen molar-refractivity contribution in [3.63, 3.8) is 0 Å². The summed E-state index contributed by atoms with van der Waals surface area (Å²) in [6, 6.07) is 8.36. The number of nitrogens with one attached hydrogen (secondary N) is 1. The summed E-state index contributed by atoms with van der Waals surface area (Å²) in [5.74, 6) is 0.925. The molecule has 108 valence electrons. The number of nitrogens with zero attached hydrogens (tertiary/aromatic N) is 2. The lowest BCUT2D eigenvalue weighted by Gasteiger charge is -2.17. The van der Waals surface area contributed by atoms with Gasteiger partial charge in [0.2, 0.25) is 0 Å². The van der Waals surface area contributed by atoms with Crippen molar-refractivity contribution in [1.82, 2.24) is 15.1 Å². The Morgan fingerprint density at radius 1 is 1.35 bits per heavy atom. The minimum atomic E-state index is 0.232. The molecule has 1 aromatic carbocycles. The first-order chi connectivity index (χ1) is 9.65. The number of benzene rings is 1. The van der Waals surface area contributed by atoms with Gasteiger partial charge in [0.05, 0.1) is 12.8 Å². The van der Waals surface area contributed by atoms with E-state index >= 15 is 0 Å². The van der Waals surface area contributed by atoms with E-state index in [2.05, 4.69) is 36.5 Å². The molecule has 0 saturated heterocycles. The molecule has 1 heterocycles. The molecule has 0 bridgehead atoms. The normalized spacial score (nSPS) is 12.4. The predicted octanol–water partition coefficient (Wildman–Crippen LogP) is 2.84. The Hall–Kier alpha value is -1.81. The monoisotopic (exact) mass is 273 g/mol. The molecule has 1 atom stereocenters. The Bertz CT molecular complexity index is 563.